The molecule has 0 saturated carbocycles. The second-order valence-corrected chi connectivity index (χ2v) is 2.03. The molecule has 0 spiro atoms. The maximum atomic E-state index is 3.48. The van der Waals surface area contributed by atoms with E-state index in [9.17, 15) is 0 Å². The normalized spacial score (nSPS) is 8.42. The van der Waals surface area contributed by atoms with E-state index < -0.39 is 0 Å². The smallest absolute Gasteiger partial charge is 0.0382 e. The molecule has 0 heteroatoms. The molecule has 0 atom stereocenters. The lowest BCUT2D eigenvalue weighted by Crippen LogP contribution is -1.36. The first-order valence-corrected chi connectivity index (χ1v) is 4.50. The highest BCUT2D eigenvalue weighted by molar-refractivity contribution is 4.68. The van der Waals surface area contributed by atoms with E-state index in [0.717, 1.165) is 6.42 Å². The van der Waals surface area contributed by atoms with Gasteiger partial charge in [0.25, 0.3) is 0 Å². The van der Waals surface area contributed by atoms with Crippen LogP contribution >= 0.6 is 0 Å². The molecule has 0 aliphatic carbocycles. The molecular weight excluding hydrogens is 144 g/mol. The van der Waals surface area contributed by atoms with Gasteiger partial charge in [-0.15, -0.1) is 6.58 Å². The van der Waals surface area contributed by atoms with Gasteiger partial charge >= 0.3 is 0 Å². The second kappa shape index (κ2) is 31.9. The molecule has 0 N–H and O–H groups in total. The molecule has 0 aliphatic heterocycles. The monoisotopic (exact) mass is 168 g/mol. The molecule has 0 unspecified atom stereocenters. The van der Waals surface area contributed by atoms with Crippen LogP contribution in [0.1, 0.15) is 41.0 Å². The Morgan fingerprint density at radius 1 is 0.833 bits per heavy atom. The van der Waals surface area contributed by atoms with Crippen LogP contribution in [-0.2, 0) is 0 Å². The highest BCUT2D eigenvalue weighted by Crippen LogP contribution is 1.66. The Hall–Kier alpha value is -0.780. The van der Waals surface area contributed by atoms with Gasteiger partial charge in [0.05, 0.1) is 0 Å². The maximum absolute atomic E-state index is 3.48. The van der Waals surface area contributed by atoms with E-state index in [2.05, 4.69) is 13.5 Å². The maximum Gasteiger partial charge on any atom is -0.0382 e. The first-order valence-electron chi connectivity index (χ1n) is 4.50. The van der Waals surface area contributed by atoms with E-state index in [0.29, 0.717) is 0 Å². The van der Waals surface area contributed by atoms with Crippen LogP contribution in [0.3, 0.4) is 0 Å². The average Bonchev–Trinajstić information content (AvgIpc) is 2.18. The van der Waals surface area contributed by atoms with Crippen LogP contribution in [0.5, 0.6) is 0 Å². The fourth-order valence-electron chi connectivity index (χ4n) is 0. The van der Waals surface area contributed by atoms with E-state index in [1.165, 1.54) is 0 Å². The van der Waals surface area contributed by atoms with Crippen molar-refractivity contribution in [1.29, 1.82) is 0 Å². The third-order valence-electron chi connectivity index (χ3n) is 0.955. The third kappa shape index (κ3) is 126. The van der Waals surface area contributed by atoms with Gasteiger partial charge in [-0.1, -0.05) is 37.3 Å². The average molecular weight is 168 g/mol. The third-order valence-corrected chi connectivity index (χ3v) is 0.955. The molecule has 0 bridgehead atoms. The first kappa shape index (κ1) is 17.3. The molecule has 0 aromatic carbocycles. The van der Waals surface area contributed by atoms with E-state index in [-0.39, 0.29) is 0 Å². The molecule has 0 heterocycles. The van der Waals surface area contributed by atoms with Crippen molar-refractivity contribution in [3.63, 3.8) is 0 Å². The predicted octanol–water partition coefficient (Wildman–Crippen LogP) is 4.75. The van der Waals surface area contributed by atoms with Crippen molar-refractivity contribution in [2.75, 3.05) is 0 Å². The van der Waals surface area contributed by atoms with Gasteiger partial charge in [0.15, 0.2) is 0 Å². The van der Waals surface area contributed by atoms with Gasteiger partial charge in [0.2, 0.25) is 0 Å². The van der Waals surface area contributed by atoms with Crippen LogP contribution in [0.4, 0.5) is 0 Å². The summed E-state index contributed by atoms with van der Waals surface area (Å²) in [5, 5.41) is 0. The molecule has 72 valence electrons. The van der Waals surface area contributed by atoms with E-state index >= 15 is 0 Å². The van der Waals surface area contributed by atoms with Crippen LogP contribution in [-0.4, -0.2) is 0 Å². The lowest BCUT2D eigenvalue weighted by Gasteiger charge is -1.57. The van der Waals surface area contributed by atoms with E-state index in [1.807, 2.05) is 58.1 Å². The quantitative estimate of drug-likeness (QED) is 0.496. The summed E-state index contributed by atoms with van der Waals surface area (Å²) in [5.41, 5.74) is 0. The summed E-state index contributed by atoms with van der Waals surface area (Å²) in [7, 11) is 0. The Balaban J connectivity index is -0.000000101. The fourth-order valence-corrected chi connectivity index (χ4v) is 0. The molecule has 0 saturated heterocycles. The summed E-state index contributed by atoms with van der Waals surface area (Å²) in [4.78, 5) is 0. The molecule has 0 aliphatic rings. The van der Waals surface area contributed by atoms with Crippen LogP contribution in [0.2, 0.25) is 0 Å². The van der Waals surface area contributed by atoms with Crippen LogP contribution < -0.4 is 0 Å². The highest BCUT2D eigenvalue weighted by Gasteiger charge is 1.45. The van der Waals surface area contributed by atoms with Gasteiger partial charge < -0.3 is 0 Å². The number of rotatable bonds is 1. The summed E-state index contributed by atoms with van der Waals surface area (Å²) in [6, 6.07) is 0. The fraction of sp³-hybridized carbons (Fsp3) is 0.500. The second-order valence-electron chi connectivity index (χ2n) is 2.03. The van der Waals surface area contributed by atoms with Crippen LogP contribution in [0.15, 0.2) is 37.0 Å². The predicted molar refractivity (Wildman–Crippen MR) is 61.5 cm³/mol. The van der Waals surface area contributed by atoms with Gasteiger partial charge in [-0.3, -0.25) is 0 Å². The largest absolute Gasteiger partial charge is 0.103 e. The number of allylic oxidation sites excluding steroid dienone is 5. The standard InChI is InChI=1S/3C4H8/c3*1-3-4-2/h2*3-4H,1-2H3;3H,1,4H2,2H3/b4-3+;4-3-;. The van der Waals surface area contributed by atoms with Gasteiger partial charge in [0.1, 0.15) is 0 Å². The minimum atomic E-state index is 1.08. The molecule has 0 aromatic heterocycles. The molecule has 0 aromatic rings. The molecule has 0 fully saturated rings. The van der Waals surface area contributed by atoms with Crippen molar-refractivity contribution in [1.82, 2.24) is 0 Å². The van der Waals surface area contributed by atoms with Crippen LogP contribution in [0, 0.1) is 0 Å². The molecule has 0 amide bonds. The summed E-state index contributed by atoms with van der Waals surface area (Å²) >= 11 is 0. The zero-order valence-electron chi connectivity index (χ0n) is 9.30. The zero-order chi connectivity index (χ0) is 10.2. The number of hydrogen-bond donors (Lipinski definition) is 0. The van der Waals surface area contributed by atoms with Crippen molar-refractivity contribution in [2.45, 2.75) is 41.0 Å². The van der Waals surface area contributed by atoms with E-state index in [4.69, 9.17) is 0 Å². The van der Waals surface area contributed by atoms with Gasteiger partial charge in [0, 0.05) is 0 Å². The Labute approximate surface area is 78.7 Å². The van der Waals surface area contributed by atoms with Crippen molar-refractivity contribution >= 4 is 0 Å². The first-order chi connectivity index (χ1) is 5.74. The highest BCUT2D eigenvalue weighted by atomic mass is 13.5. The lowest BCUT2D eigenvalue weighted by atomic mass is 10.5. The van der Waals surface area contributed by atoms with Gasteiger partial charge in [-0.25, -0.2) is 0 Å². The van der Waals surface area contributed by atoms with E-state index in [1.54, 1.807) is 0 Å². The topological polar surface area (TPSA) is 0 Å². The Bertz CT molecular complexity index is 78.6. The Kier molecular flexibility index (Phi) is 46.1. The Morgan fingerprint density at radius 3 is 1.00 bits per heavy atom. The SMILES string of the molecule is C/C=C/C.C/C=C\C.C=CCC. The molecule has 12 heavy (non-hydrogen) atoms. The molecule has 0 nitrogen and oxygen atoms in total. The van der Waals surface area contributed by atoms with Crippen LogP contribution in [0.25, 0.3) is 0 Å². The minimum Gasteiger partial charge on any atom is -0.103 e. The van der Waals surface area contributed by atoms with Crippen molar-refractivity contribution in [3.05, 3.63) is 37.0 Å². The lowest BCUT2D eigenvalue weighted by molar-refractivity contribution is 1.23. The molecule has 0 radical (unpaired) electrons. The van der Waals surface area contributed by atoms with Gasteiger partial charge in [-0.05, 0) is 34.1 Å². The number of hydrogen-bond acceptors (Lipinski definition) is 0. The van der Waals surface area contributed by atoms with Gasteiger partial charge in [-0.2, -0.15) is 0 Å². The summed E-state index contributed by atoms with van der Waals surface area (Å²) in [6.07, 6.45) is 11.0. The molecular formula is C12H24. The van der Waals surface area contributed by atoms with Crippen molar-refractivity contribution in [3.8, 4) is 0 Å². The zero-order valence-corrected chi connectivity index (χ0v) is 9.30. The van der Waals surface area contributed by atoms with Crippen molar-refractivity contribution < 1.29 is 0 Å². The summed E-state index contributed by atoms with van der Waals surface area (Å²) in [6.45, 7) is 13.5. The molecule has 0 rings (SSSR count). The summed E-state index contributed by atoms with van der Waals surface area (Å²) in [5.74, 6) is 0. The van der Waals surface area contributed by atoms with Crippen molar-refractivity contribution in [2.24, 2.45) is 0 Å². The Morgan fingerprint density at radius 2 is 1.00 bits per heavy atom. The summed E-state index contributed by atoms with van der Waals surface area (Å²) < 4.78 is 0. The minimum absolute atomic E-state index is 1.08.